The number of rotatable bonds is 5. The van der Waals surface area contributed by atoms with Gasteiger partial charge in [0.25, 0.3) is 0 Å². The molecule has 0 aliphatic carbocycles. The topological polar surface area (TPSA) is 18.5 Å². The van der Waals surface area contributed by atoms with E-state index in [1.54, 1.807) is 7.11 Å². The third-order valence-corrected chi connectivity index (χ3v) is 1.14. The van der Waals surface area contributed by atoms with E-state index in [-0.39, 0.29) is 12.7 Å². The fourth-order valence-electron chi connectivity index (χ4n) is 0.606. The van der Waals surface area contributed by atoms with Gasteiger partial charge in [-0.2, -0.15) is 0 Å². The van der Waals surface area contributed by atoms with Gasteiger partial charge in [-0.1, -0.05) is 6.92 Å². The van der Waals surface area contributed by atoms with Crippen LogP contribution in [0.15, 0.2) is 0 Å². The van der Waals surface area contributed by atoms with Gasteiger partial charge in [-0.25, -0.2) is 0 Å². The molecule has 0 aliphatic rings. The lowest BCUT2D eigenvalue weighted by Crippen LogP contribution is -2.17. The van der Waals surface area contributed by atoms with Crippen LogP contribution in [0.1, 0.15) is 13.3 Å². The van der Waals surface area contributed by atoms with Crippen molar-refractivity contribution in [1.82, 2.24) is 0 Å². The average molecular weight is 130 g/mol. The molecular formula is C7H14O2. The molecule has 2 nitrogen and oxygen atoms in total. The minimum Gasteiger partial charge on any atom is -0.382 e. The highest BCUT2D eigenvalue weighted by atomic mass is 16.5. The molecule has 0 bridgehead atoms. The van der Waals surface area contributed by atoms with Crippen LogP contribution in [0.5, 0.6) is 0 Å². The van der Waals surface area contributed by atoms with Crippen LogP contribution in [-0.4, -0.2) is 26.4 Å². The summed E-state index contributed by atoms with van der Waals surface area (Å²) in [7, 11) is 1.66. The molecule has 0 aromatic rings. The van der Waals surface area contributed by atoms with Gasteiger partial charge < -0.3 is 9.47 Å². The zero-order valence-corrected chi connectivity index (χ0v) is 6.09. The predicted molar refractivity (Wildman–Crippen MR) is 36.2 cm³/mol. The van der Waals surface area contributed by atoms with Crippen molar-refractivity contribution in [2.24, 2.45) is 0 Å². The molecule has 0 N–H and O–H groups in total. The number of methoxy groups -OCH3 is 1. The van der Waals surface area contributed by atoms with E-state index in [2.05, 4.69) is 0 Å². The summed E-state index contributed by atoms with van der Waals surface area (Å²) in [6.45, 7) is 8.11. The van der Waals surface area contributed by atoms with Crippen molar-refractivity contribution in [3.8, 4) is 0 Å². The Balaban J connectivity index is 3.18. The van der Waals surface area contributed by atoms with Crippen LogP contribution in [0.25, 0.3) is 0 Å². The number of hydrogen-bond donors (Lipinski definition) is 0. The molecular weight excluding hydrogens is 116 g/mol. The second kappa shape index (κ2) is 6.05. The Morgan fingerprint density at radius 2 is 2.22 bits per heavy atom. The van der Waals surface area contributed by atoms with Gasteiger partial charge in [0.2, 0.25) is 0 Å². The van der Waals surface area contributed by atoms with Crippen LogP contribution >= 0.6 is 0 Å². The van der Waals surface area contributed by atoms with E-state index in [0.29, 0.717) is 6.61 Å². The SMILES string of the molecule is [CH]COC(CC)COC. The highest BCUT2D eigenvalue weighted by Gasteiger charge is 2.02. The molecule has 0 aromatic heterocycles. The first-order chi connectivity index (χ1) is 4.35. The molecule has 0 heterocycles. The van der Waals surface area contributed by atoms with Gasteiger partial charge in [-0.05, 0) is 13.3 Å². The van der Waals surface area contributed by atoms with E-state index >= 15 is 0 Å². The molecule has 0 amide bonds. The summed E-state index contributed by atoms with van der Waals surface area (Å²) in [4.78, 5) is 0. The average Bonchev–Trinajstić information content (AvgIpc) is 1.88. The van der Waals surface area contributed by atoms with Gasteiger partial charge in [0.1, 0.15) is 0 Å². The summed E-state index contributed by atoms with van der Waals surface area (Å²) in [5, 5.41) is 0. The van der Waals surface area contributed by atoms with E-state index in [0.717, 1.165) is 6.42 Å². The van der Waals surface area contributed by atoms with Crippen molar-refractivity contribution >= 4 is 0 Å². The summed E-state index contributed by atoms with van der Waals surface area (Å²) >= 11 is 0. The van der Waals surface area contributed by atoms with Crippen LogP contribution in [0.3, 0.4) is 0 Å². The molecule has 0 aromatic carbocycles. The van der Waals surface area contributed by atoms with E-state index < -0.39 is 0 Å². The van der Waals surface area contributed by atoms with Crippen molar-refractivity contribution in [2.75, 3.05) is 20.3 Å². The quantitative estimate of drug-likeness (QED) is 0.555. The molecule has 0 rings (SSSR count). The minimum absolute atomic E-state index is 0.167. The maximum atomic E-state index is 5.16. The molecule has 2 heteroatoms. The summed E-state index contributed by atoms with van der Waals surface area (Å²) in [6, 6.07) is 0. The second-order valence-electron chi connectivity index (χ2n) is 1.82. The Morgan fingerprint density at radius 1 is 1.56 bits per heavy atom. The smallest absolute Gasteiger partial charge is 0.0805 e. The zero-order chi connectivity index (χ0) is 7.11. The van der Waals surface area contributed by atoms with Crippen LogP contribution in [0.2, 0.25) is 0 Å². The lowest BCUT2D eigenvalue weighted by molar-refractivity contribution is 0.00876. The standard InChI is InChI=1S/C7H14O2/c1-4-7(6-8-3)9-5-2/h2,7H,4-6H2,1,3H3. The van der Waals surface area contributed by atoms with Crippen molar-refractivity contribution in [2.45, 2.75) is 19.4 Å². The first-order valence-corrected chi connectivity index (χ1v) is 3.15. The second-order valence-corrected chi connectivity index (χ2v) is 1.82. The van der Waals surface area contributed by atoms with Crippen molar-refractivity contribution < 1.29 is 9.47 Å². The van der Waals surface area contributed by atoms with E-state index in [4.69, 9.17) is 16.4 Å². The van der Waals surface area contributed by atoms with Crippen LogP contribution in [0, 0.1) is 6.92 Å². The summed E-state index contributed by atoms with van der Waals surface area (Å²) in [6.07, 6.45) is 1.12. The molecule has 1 atom stereocenters. The molecule has 9 heavy (non-hydrogen) atoms. The zero-order valence-electron chi connectivity index (χ0n) is 6.09. The van der Waals surface area contributed by atoms with E-state index in [1.165, 1.54) is 0 Å². The molecule has 0 spiro atoms. The maximum absolute atomic E-state index is 5.16. The van der Waals surface area contributed by atoms with Crippen LogP contribution in [0.4, 0.5) is 0 Å². The highest BCUT2D eigenvalue weighted by molar-refractivity contribution is 4.52. The van der Waals surface area contributed by atoms with Gasteiger partial charge in [0, 0.05) is 7.11 Å². The largest absolute Gasteiger partial charge is 0.382 e. The molecule has 0 saturated heterocycles. The Kier molecular flexibility index (Phi) is 5.99. The van der Waals surface area contributed by atoms with Gasteiger partial charge in [-0.3, -0.25) is 0 Å². The Labute approximate surface area is 57.2 Å². The van der Waals surface area contributed by atoms with Crippen molar-refractivity contribution in [1.29, 1.82) is 0 Å². The minimum atomic E-state index is 0.167. The molecule has 2 radical (unpaired) electrons. The monoisotopic (exact) mass is 130 g/mol. The Bertz CT molecular complexity index is 48.9. The van der Waals surface area contributed by atoms with E-state index in [1.807, 2.05) is 6.92 Å². The van der Waals surface area contributed by atoms with Crippen molar-refractivity contribution in [3.05, 3.63) is 6.92 Å². The maximum Gasteiger partial charge on any atom is 0.0805 e. The third kappa shape index (κ3) is 4.43. The summed E-state index contributed by atoms with van der Waals surface area (Å²) in [5.74, 6) is 0. The molecule has 54 valence electrons. The van der Waals surface area contributed by atoms with Gasteiger partial charge in [0.15, 0.2) is 0 Å². The predicted octanol–water partition coefficient (Wildman–Crippen LogP) is 1.14. The normalized spacial score (nSPS) is 13.7. The third-order valence-electron chi connectivity index (χ3n) is 1.14. The first-order valence-electron chi connectivity index (χ1n) is 3.15. The fourth-order valence-corrected chi connectivity index (χ4v) is 0.606. The fraction of sp³-hybridized carbons (Fsp3) is 0.857. The Hall–Kier alpha value is -0.0800. The summed E-state index contributed by atoms with van der Waals surface area (Å²) < 4.78 is 9.95. The summed E-state index contributed by atoms with van der Waals surface area (Å²) in [5.41, 5.74) is 0. The molecule has 0 saturated carbocycles. The van der Waals surface area contributed by atoms with Crippen LogP contribution < -0.4 is 0 Å². The van der Waals surface area contributed by atoms with E-state index in [9.17, 15) is 0 Å². The number of hydrogen-bond acceptors (Lipinski definition) is 2. The van der Waals surface area contributed by atoms with Gasteiger partial charge in [0.05, 0.1) is 19.3 Å². The lowest BCUT2D eigenvalue weighted by Gasteiger charge is -2.12. The molecule has 1 unspecified atom stereocenters. The molecule has 0 aliphatic heterocycles. The Morgan fingerprint density at radius 3 is 2.56 bits per heavy atom. The van der Waals surface area contributed by atoms with Crippen molar-refractivity contribution in [3.63, 3.8) is 0 Å². The number of ether oxygens (including phenoxy) is 2. The molecule has 0 fully saturated rings. The van der Waals surface area contributed by atoms with Gasteiger partial charge >= 0.3 is 0 Å². The highest BCUT2D eigenvalue weighted by Crippen LogP contribution is 1.96. The van der Waals surface area contributed by atoms with Crippen LogP contribution in [-0.2, 0) is 9.47 Å². The van der Waals surface area contributed by atoms with Gasteiger partial charge in [-0.15, -0.1) is 0 Å². The lowest BCUT2D eigenvalue weighted by atomic mass is 10.3. The first kappa shape index (κ1) is 8.92.